The molecule has 1 saturated heterocycles. The predicted octanol–water partition coefficient (Wildman–Crippen LogP) is 2.29. The number of amides is 1. The molecule has 0 aromatic heterocycles. The van der Waals surface area contributed by atoms with E-state index in [0.717, 1.165) is 57.2 Å². The highest BCUT2D eigenvalue weighted by atomic mass is 16.5. The Morgan fingerprint density at radius 2 is 2.11 bits per heavy atom. The van der Waals surface area contributed by atoms with Gasteiger partial charge in [-0.3, -0.25) is 9.79 Å². The number of ether oxygens (including phenoxy) is 1. The molecule has 1 aliphatic heterocycles. The van der Waals surface area contributed by atoms with Crippen molar-refractivity contribution in [3.8, 4) is 5.75 Å². The summed E-state index contributed by atoms with van der Waals surface area (Å²) in [6.07, 6.45) is 3.81. The third-order valence-corrected chi connectivity index (χ3v) is 5.60. The Hall–Kier alpha value is -2.24. The number of nitrogens with one attached hydrogen (secondary N) is 2. The number of likely N-dealkylation sites (tertiary alicyclic amines) is 1. The Morgan fingerprint density at radius 1 is 1.33 bits per heavy atom. The van der Waals surface area contributed by atoms with Crippen molar-refractivity contribution in [1.82, 2.24) is 15.5 Å². The molecule has 1 aromatic rings. The molecule has 1 saturated carbocycles. The van der Waals surface area contributed by atoms with E-state index < -0.39 is 0 Å². The SMILES string of the molecule is CCNC(=NCC1(c2ccccc2OC)CC1)NC1CCN(C(=O)CC)C1. The molecule has 6 nitrogen and oxygen atoms in total. The molecule has 3 rings (SSSR count). The minimum absolute atomic E-state index is 0.0921. The molecule has 1 aromatic carbocycles. The van der Waals surface area contributed by atoms with Crippen LogP contribution in [-0.2, 0) is 10.2 Å². The number of hydrogen-bond acceptors (Lipinski definition) is 3. The Balaban J connectivity index is 1.65. The first kappa shape index (κ1) is 19.5. The topological polar surface area (TPSA) is 66.0 Å². The average Bonchev–Trinajstić information content (AvgIpc) is 3.35. The van der Waals surface area contributed by atoms with E-state index in [4.69, 9.17) is 9.73 Å². The summed E-state index contributed by atoms with van der Waals surface area (Å²) in [5, 5.41) is 6.87. The number of carbonyl (C=O) groups is 1. The number of hydrogen-bond donors (Lipinski definition) is 2. The van der Waals surface area contributed by atoms with Gasteiger partial charge < -0.3 is 20.3 Å². The summed E-state index contributed by atoms with van der Waals surface area (Å²) in [7, 11) is 1.73. The van der Waals surface area contributed by atoms with Gasteiger partial charge in [-0.25, -0.2) is 0 Å². The van der Waals surface area contributed by atoms with Crippen LogP contribution < -0.4 is 15.4 Å². The average molecular weight is 373 g/mol. The van der Waals surface area contributed by atoms with Crippen LogP contribution in [0.25, 0.3) is 0 Å². The van der Waals surface area contributed by atoms with Gasteiger partial charge in [-0.15, -0.1) is 0 Å². The van der Waals surface area contributed by atoms with Crippen LogP contribution in [0.15, 0.2) is 29.3 Å². The van der Waals surface area contributed by atoms with E-state index in [1.165, 1.54) is 5.56 Å². The van der Waals surface area contributed by atoms with Gasteiger partial charge in [-0.2, -0.15) is 0 Å². The van der Waals surface area contributed by atoms with E-state index in [1.807, 2.05) is 24.0 Å². The molecule has 148 valence electrons. The molecule has 2 N–H and O–H groups in total. The van der Waals surface area contributed by atoms with Crippen molar-refractivity contribution in [2.24, 2.45) is 4.99 Å². The second kappa shape index (κ2) is 8.63. The number of guanidine groups is 1. The molecule has 1 heterocycles. The summed E-state index contributed by atoms with van der Waals surface area (Å²) in [4.78, 5) is 18.7. The first-order valence-corrected chi connectivity index (χ1v) is 10.1. The molecule has 1 aliphatic carbocycles. The lowest BCUT2D eigenvalue weighted by atomic mass is 9.95. The molecule has 1 atom stereocenters. The number of methoxy groups -OCH3 is 1. The number of benzene rings is 1. The predicted molar refractivity (Wildman–Crippen MR) is 108 cm³/mol. The number of para-hydroxylation sites is 1. The van der Waals surface area contributed by atoms with Gasteiger partial charge >= 0.3 is 0 Å². The molecule has 0 spiro atoms. The molecule has 0 radical (unpaired) electrons. The van der Waals surface area contributed by atoms with Crippen LogP contribution in [0.3, 0.4) is 0 Å². The quantitative estimate of drug-likeness (QED) is 0.569. The third-order valence-electron chi connectivity index (χ3n) is 5.60. The van der Waals surface area contributed by atoms with E-state index in [-0.39, 0.29) is 17.4 Å². The van der Waals surface area contributed by atoms with E-state index in [9.17, 15) is 4.79 Å². The lowest BCUT2D eigenvalue weighted by Gasteiger charge is -2.20. The highest BCUT2D eigenvalue weighted by molar-refractivity contribution is 5.81. The minimum Gasteiger partial charge on any atom is -0.496 e. The molecule has 0 bridgehead atoms. The van der Waals surface area contributed by atoms with Gasteiger partial charge in [0.15, 0.2) is 5.96 Å². The van der Waals surface area contributed by atoms with Crippen molar-refractivity contribution in [3.05, 3.63) is 29.8 Å². The fourth-order valence-corrected chi connectivity index (χ4v) is 3.82. The Bertz CT molecular complexity index is 685. The molecule has 6 heteroatoms. The maximum atomic E-state index is 11.9. The van der Waals surface area contributed by atoms with E-state index >= 15 is 0 Å². The van der Waals surface area contributed by atoms with Crippen molar-refractivity contribution >= 4 is 11.9 Å². The summed E-state index contributed by atoms with van der Waals surface area (Å²) >= 11 is 0. The summed E-state index contributed by atoms with van der Waals surface area (Å²) in [6, 6.07) is 8.53. The number of aliphatic imine (C=N–C) groups is 1. The zero-order valence-corrected chi connectivity index (χ0v) is 16.8. The van der Waals surface area contributed by atoms with Gasteiger partial charge in [0.1, 0.15) is 5.75 Å². The molecular weight excluding hydrogens is 340 g/mol. The molecule has 2 aliphatic rings. The Morgan fingerprint density at radius 3 is 2.78 bits per heavy atom. The van der Waals surface area contributed by atoms with Crippen molar-refractivity contribution in [2.75, 3.05) is 33.3 Å². The Labute approximate surface area is 162 Å². The van der Waals surface area contributed by atoms with Gasteiger partial charge in [0, 0.05) is 43.1 Å². The summed E-state index contributed by atoms with van der Waals surface area (Å²) in [5.74, 6) is 2.02. The van der Waals surface area contributed by atoms with Crippen molar-refractivity contribution in [2.45, 2.75) is 51.0 Å². The maximum Gasteiger partial charge on any atom is 0.222 e. The zero-order chi connectivity index (χ0) is 19.3. The van der Waals surface area contributed by atoms with Crippen molar-refractivity contribution in [3.63, 3.8) is 0 Å². The standard InChI is InChI=1S/C21H32N4O2/c1-4-19(26)25-13-10-16(14-25)24-20(22-5-2)23-15-21(11-12-21)17-8-6-7-9-18(17)27-3/h6-9,16H,4-5,10-15H2,1-3H3,(H2,22,23,24). The van der Waals surface area contributed by atoms with Gasteiger partial charge in [0.25, 0.3) is 0 Å². The first-order valence-electron chi connectivity index (χ1n) is 10.1. The second-order valence-corrected chi connectivity index (χ2v) is 7.50. The van der Waals surface area contributed by atoms with Crippen LogP contribution in [0, 0.1) is 0 Å². The highest BCUT2D eigenvalue weighted by Crippen LogP contribution is 2.51. The summed E-state index contributed by atoms with van der Waals surface area (Å²) in [6.45, 7) is 7.14. The van der Waals surface area contributed by atoms with Gasteiger partial charge in [-0.05, 0) is 32.3 Å². The fourth-order valence-electron chi connectivity index (χ4n) is 3.82. The fraction of sp³-hybridized carbons (Fsp3) is 0.619. The van der Waals surface area contributed by atoms with Crippen molar-refractivity contribution in [1.29, 1.82) is 0 Å². The van der Waals surface area contributed by atoms with E-state index in [2.05, 4.69) is 29.7 Å². The smallest absolute Gasteiger partial charge is 0.222 e. The van der Waals surface area contributed by atoms with Crippen LogP contribution in [-0.4, -0.2) is 56.1 Å². The van der Waals surface area contributed by atoms with Crippen LogP contribution in [0.4, 0.5) is 0 Å². The molecule has 1 unspecified atom stereocenters. The Kier molecular flexibility index (Phi) is 6.24. The van der Waals surface area contributed by atoms with E-state index in [1.54, 1.807) is 7.11 Å². The monoisotopic (exact) mass is 372 g/mol. The lowest BCUT2D eigenvalue weighted by molar-refractivity contribution is -0.129. The maximum absolute atomic E-state index is 11.9. The largest absolute Gasteiger partial charge is 0.496 e. The number of nitrogens with zero attached hydrogens (tertiary/aromatic N) is 2. The lowest BCUT2D eigenvalue weighted by Crippen LogP contribution is -2.45. The van der Waals surface area contributed by atoms with Crippen LogP contribution in [0.5, 0.6) is 5.75 Å². The molecule has 2 fully saturated rings. The molecule has 1 amide bonds. The van der Waals surface area contributed by atoms with E-state index in [0.29, 0.717) is 6.42 Å². The second-order valence-electron chi connectivity index (χ2n) is 7.50. The minimum atomic E-state index is 0.0921. The van der Waals surface area contributed by atoms with Crippen LogP contribution >= 0.6 is 0 Å². The van der Waals surface area contributed by atoms with Gasteiger partial charge in [0.05, 0.1) is 13.7 Å². The molecule has 27 heavy (non-hydrogen) atoms. The summed E-state index contributed by atoms with van der Waals surface area (Å²) in [5.41, 5.74) is 1.35. The molecular formula is C21H32N4O2. The van der Waals surface area contributed by atoms with Gasteiger partial charge in [-0.1, -0.05) is 25.1 Å². The van der Waals surface area contributed by atoms with Crippen LogP contribution in [0.1, 0.15) is 45.1 Å². The van der Waals surface area contributed by atoms with Crippen LogP contribution in [0.2, 0.25) is 0 Å². The van der Waals surface area contributed by atoms with Gasteiger partial charge in [0.2, 0.25) is 5.91 Å². The van der Waals surface area contributed by atoms with Crippen molar-refractivity contribution < 1.29 is 9.53 Å². The number of rotatable bonds is 7. The first-order chi connectivity index (χ1) is 13.1. The summed E-state index contributed by atoms with van der Waals surface area (Å²) < 4.78 is 5.56. The number of carbonyl (C=O) groups excluding carboxylic acids is 1. The third kappa shape index (κ3) is 4.54. The normalized spacial score (nSPS) is 21.1. The highest BCUT2D eigenvalue weighted by Gasteiger charge is 2.46. The zero-order valence-electron chi connectivity index (χ0n) is 16.8.